The minimum Gasteiger partial charge on any atom is -0.378 e. The van der Waals surface area contributed by atoms with Crippen LogP contribution in [0.1, 0.15) is 24.3 Å². The number of ether oxygens (including phenoxy) is 1. The van der Waals surface area contributed by atoms with E-state index < -0.39 is 0 Å². The van der Waals surface area contributed by atoms with E-state index in [9.17, 15) is 4.79 Å². The fourth-order valence-electron chi connectivity index (χ4n) is 2.23. The van der Waals surface area contributed by atoms with Crippen molar-refractivity contribution in [2.75, 3.05) is 26.3 Å². The number of nitrogens with zero attached hydrogens (tertiary/aromatic N) is 1. The van der Waals surface area contributed by atoms with Gasteiger partial charge in [-0.1, -0.05) is 6.92 Å². The largest absolute Gasteiger partial charge is 0.378 e. The number of hydrogen-bond acceptors (Lipinski definition) is 4. The van der Waals surface area contributed by atoms with Crippen LogP contribution in [0.3, 0.4) is 0 Å². The van der Waals surface area contributed by atoms with Crippen molar-refractivity contribution in [3.05, 3.63) is 21.9 Å². The molecule has 2 heterocycles. The highest BCUT2D eigenvalue weighted by molar-refractivity contribution is 7.10. The molecule has 1 aliphatic heterocycles. The molecule has 106 valence electrons. The molecule has 4 nitrogen and oxygen atoms in total. The number of hydrogen-bond donors (Lipinski definition) is 1. The molecule has 2 rings (SSSR count). The van der Waals surface area contributed by atoms with E-state index in [0.29, 0.717) is 26.3 Å². The molecule has 0 bridgehead atoms. The predicted octanol–water partition coefficient (Wildman–Crippen LogP) is 1.65. The summed E-state index contributed by atoms with van der Waals surface area (Å²) in [5.41, 5.74) is 1.38. The van der Waals surface area contributed by atoms with E-state index in [-0.39, 0.29) is 11.9 Å². The molecule has 1 amide bonds. The first kappa shape index (κ1) is 14.5. The number of carbonyl (C=O) groups is 1. The number of aryl methyl sites for hydroxylation is 1. The van der Waals surface area contributed by atoms with Gasteiger partial charge in [-0.05, 0) is 30.4 Å². The van der Waals surface area contributed by atoms with Gasteiger partial charge in [0.15, 0.2) is 0 Å². The summed E-state index contributed by atoms with van der Waals surface area (Å²) >= 11 is 1.76. The van der Waals surface area contributed by atoms with Gasteiger partial charge < -0.3 is 15.0 Å². The normalized spacial score (nSPS) is 17.5. The Morgan fingerprint density at radius 1 is 1.53 bits per heavy atom. The maximum atomic E-state index is 12.2. The molecule has 5 heteroatoms. The van der Waals surface area contributed by atoms with Gasteiger partial charge in [0.05, 0.1) is 19.3 Å². The Labute approximate surface area is 118 Å². The molecule has 1 atom stereocenters. The van der Waals surface area contributed by atoms with Crippen LogP contribution in [0.25, 0.3) is 0 Å². The van der Waals surface area contributed by atoms with E-state index in [1.54, 1.807) is 11.3 Å². The van der Waals surface area contributed by atoms with Crippen molar-refractivity contribution in [2.45, 2.75) is 32.9 Å². The molecular formula is C14H22N2O2S. The minimum absolute atomic E-state index is 0.134. The Kier molecular flexibility index (Phi) is 5.36. The van der Waals surface area contributed by atoms with Crippen molar-refractivity contribution in [3.63, 3.8) is 0 Å². The maximum absolute atomic E-state index is 12.2. The van der Waals surface area contributed by atoms with Crippen LogP contribution >= 0.6 is 11.3 Å². The third kappa shape index (κ3) is 3.78. The standard InChI is InChI=1S/C14H22N2O2S/c1-3-12-4-9-19-13(12)10-15-11(2)14(17)16-5-7-18-8-6-16/h4,9,11,15H,3,5-8,10H2,1-2H3. The molecule has 1 aromatic rings. The highest BCUT2D eigenvalue weighted by Crippen LogP contribution is 2.17. The van der Waals surface area contributed by atoms with Gasteiger partial charge in [0.2, 0.25) is 5.91 Å². The van der Waals surface area contributed by atoms with Gasteiger partial charge >= 0.3 is 0 Å². The number of rotatable bonds is 5. The van der Waals surface area contributed by atoms with Gasteiger partial charge in [-0.2, -0.15) is 0 Å². The molecule has 0 aromatic carbocycles. The summed E-state index contributed by atoms with van der Waals surface area (Å²) in [6.45, 7) is 7.61. The Bertz CT molecular complexity index is 413. The molecule has 0 saturated carbocycles. The van der Waals surface area contributed by atoms with Crippen LogP contribution in [-0.4, -0.2) is 43.2 Å². The summed E-state index contributed by atoms with van der Waals surface area (Å²) in [4.78, 5) is 15.4. The number of carbonyl (C=O) groups excluding carboxylic acids is 1. The molecule has 1 aliphatic rings. The van der Waals surface area contributed by atoms with E-state index in [1.165, 1.54) is 10.4 Å². The lowest BCUT2D eigenvalue weighted by Gasteiger charge is -2.29. The van der Waals surface area contributed by atoms with E-state index >= 15 is 0 Å². The van der Waals surface area contributed by atoms with Crippen molar-refractivity contribution in [1.82, 2.24) is 10.2 Å². The topological polar surface area (TPSA) is 41.6 Å². The second-order valence-electron chi connectivity index (χ2n) is 4.76. The number of nitrogens with one attached hydrogen (secondary N) is 1. The van der Waals surface area contributed by atoms with Crippen LogP contribution in [0, 0.1) is 0 Å². The lowest BCUT2D eigenvalue weighted by Crippen LogP contribution is -2.49. The zero-order valence-corrected chi connectivity index (χ0v) is 12.5. The number of amides is 1. The fraction of sp³-hybridized carbons (Fsp3) is 0.643. The van der Waals surface area contributed by atoms with E-state index in [4.69, 9.17) is 4.74 Å². The Balaban J connectivity index is 1.83. The van der Waals surface area contributed by atoms with Crippen molar-refractivity contribution in [3.8, 4) is 0 Å². The van der Waals surface area contributed by atoms with Crippen LogP contribution in [0.4, 0.5) is 0 Å². The number of thiophene rings is 1. The zero-order valence-electron chi connectivity index (χ0n) is 11.6. The van der Waals surface area contributed by atoms with Crippen LogP contribution in [0.15, 0.2) is 11.4 Å². The predicted molar refractivity (Wildman–Crippen MR) is 77.4 cm³/mol. The molecule has 1 fully saturated rings. The summed E-state index contributed by atoms with van der Waals surface area (Å²) in [7, 11) is 0. The summed E-state index contributed by atoms with van der Waals surface area (Å²) < 4.78 is 5.27. The monoisotopic (exact) mass is 282 g/mol. The van der Waals surface area contributed by atoms with Gasteiger partial charge in [-0.15, -0.1) is 11.3 Å². The first-order valence-corrected chi connectivity index (χ1v) is 7.75. The Morgan fingerprint density at radius 2 is 2.26 bits per heavy atom. The average Bonchev–Trinajstić information content (AvgIpc) is 2.92. The second kappa shape index (κ2) is 7.03. The minimum atomic E-state index is -0.134. The van der Waals surface area contributed by atoms with Crippen molar-refractivity contribution >= 4 is 17.2 Å². The quantitative estimate of drug-likeness (QED) is 0.893. The SMILES string of the molecule is CCc1ccsc1CNC(C)C(=O)N1CCOCC1. The third-order valence-electron chi connectivity index (χ3n) is 3.48. The van der Waals surface area contributed by atoms with Crippen LogP contribution in [-0.2, 0) is 22.5 Å². The van der Waals surface area contributed by atoms with Crippen LogP contribution in [0.5, 0.6) is 0 Å². The highest BCUT2D eigenvalue weighted by atomic mass is 32.1. The van der Waals surface area contributed by atoms with Gasteiger partial charge in [0.25, 0.3) is 0 Å². The van der Waals surface area contributed by atoms with Crippen molar-refractivity contribution < 1.29 is 9.53 Å². The summed E-state index contributed by atoms with van der Waals surface area (Å²) in [5, 5.41) is 5.45. The highest BCUT2D eigenvalue weighted by Gasteiger charge is 2.22. The van der Waals surface area contributed by atoms with Gasteiger partial charge in [-0.25, -0.2) is 0 Å². The zero-order chi connectivity index (χ0) is 13.7. The summed E-state index contributed by atoms with van der Waals surface area (Å²) in [6, 6.07) is 2.03. The first-order chi connectivity index (χ1) is 9.22. The van der Waals surface area contributed by atoms with E-state index in [1.807, 2.05) is 11.8 Å². The first-order valence-electron chi connectivity index (χ1n) is 6.87. The van der Waals surface area contributed by atoms with Gasteiger partial charge in [0, 0.05) is 24.5 Å². The lowest BCUT2D eigenvalue weighted by atomic mass is 10.2. The molecule has 0 spiro atoms. The molecule has 0 aliphatic carbocycles. The van der Waals surface area contributed by atoms with Gasteiger partial charge in [0.1, 0.15) is 0 Å². The molecule has 19 heavy (non-hydrogen) atoms. The lowest BCUT2D eigenvalue weighted by molar-refractivity contribution is -0.137. The second-order valence-corrected chi connectivity index (χ2v) is 5.76. The molecule has 1 unspecified atom stereocenters. The van der Waals surface area contributed by atoms with E-state index in [2.05, 4.69) is 23.7 Å². The maximum Gasteiger partial charge on any atom is 0.239 e. The summed E-state index contributed by atoms with van der Waals surface area (Å²) in [6.07, 6.45) is 1.05. The average molecular weight is 282 g/mol. The molecular weight excluding hydrogens is 260 g/mol. The Hall–Kier alpha value is -0.910. The number of morpholine rings is 1. The smallest absolute Gasteiger partial charge is 0.239 e. The van der Waals surface area contributed by atoms with Crippen LogP contribution < -0.4 is 5.32 Å². The van der Waals surface area contributed by atoms with E-state index in [0.717, 1.165) is 13.0 Å². The van der Waals surface area contributed by atoms with Crippen LogP contribution in [0.2, 0.25) is 0 Å². The molecule has 1 saturated heterocycles. The van der Waals surface area contributed by atoms with Gasteiger partial charge in [-0.3, -0.25) is 4.79 Å². The molecule has 1 aromatic heterocycles. The van der Waals surface area contributed by atoms with Crippen molar-refractivity contribution in [1.29, 1.82) is 0 Å². The molecule has 0 radical (unpaired) electrons. The fourth-order valence-corrected chi connectivity index (χ4v) is 3.15. The molecule has 1 N–H and O–H groups in total. The Morgan fingerprint density at radius 3 is 2.95 bits per heavy atom. The van der Waals surface area contributed by atoms with Crippen molar-refractivity contribution in [2.24, 2.45) is 0 Å². The summed E-state index contributed by atoms with van der Waals surface area (Å²) in [5.74, 6) is 0.179. The third-order valence-corrected chi connectivity index (χ3v) is 4.44.